The van der Waals surface area contributed by atoms with Crippen LogP contribution in [0.4, 0.5) is 0 Å². The standard InChI is InChI=1S/C12H12ClNO3/c13-9-3-1-8(2-4-9)7-14-10(12(16)17)5-6-11(14)15/h1-4,10H,5-7H2,(H,16,17). The van der Waals surface area contributed by atoms with Crippen LogP contribution in [-0.4, -0.2) is 27.9 Å². The fourth-order valence-electron chi connectivity index (χ4n) is 1.98. The van der Waals surface area contributed by atoms with E-state index >= 15 is 0 Å². The lowest BCUT2D eigenvalue weighted by atomic mass is 10.2. The van der Waals surface area contributed by atoms with Crippen LogP contribution in [0.25, 0.3) is 0 Å². The molecule has 0 aromatic heterocycles. The Labute approximate surface area is 104 Å². The Kier molecular flexibility index (Phi) is 3.33. The molecule has 2 rings (SSSR count). The van der Waals surface area contributed by atoms with Crippen LogP contribution in [0.3, 0.4) is 0 Å². The van der Waals surface area contributed by atoms with Gasteiger partial charge >= 0.3 is 5.97 Å². The smallest absolute Gasteiger partial charge is 0.326 e. The maximum Gasteiger partial charge on any atom is 0.326 e. The number of rotatable bonds is 3. The van der Waals surface area contributed by atoms with Gasteiger partial charge in [0.25, 0.3) is 0 Å². The van der Waals surface area contributed by atoms with Crippen LogP contribution in [-0.2, 0) is 16.1 Å². The summed E-state index contributed by atoms with van der Waals surface area (Å²) in [6.45, 7) is 0.326. The molecule has 1 heterocycles. The predicted molar refractivity (Wildman–Crippen MR) is 62.7 cm³/mol. The van der Waals surface area contributed by atoms with Crippen molar-refractivity contribution in [2.45, 2.75) is 25.4 Å². The lowest BCUT2D eigenvalue weighted by molar-refractivity contribution is -0.146. The summed E-state index contributed by atoms with van der Waals surface area (Å²) in [5.41, 5.74) is 0.885. The number of nitrogens with zero attached hydrogens (tertiary/aromatic N) is 1. The summed E-state index contributed by atoms with van der Waals surface area (Å²) in [7, 11) is 0. The van der Waals surface area contributed by atoms with E-state index in [1.807, 2.05) is 0 Å². The van der Waals surface area contributed by atoms with Crippen molar-refractivity contribution in [3.05, 3.63) is 34.9 Å². The molecular weight excluding hydrogens is 242 g/mol. The van der Waals surface area contributed by atoms with Gasteiger partial charge in [-0.2, -0.15) is 0 Å². The molecule has 90 valence electrons. The molecule has 17 heavy (non-hydrogen) atoms. The fraction of sp³-hybridized carbons (Fsp3) is 0.333. The summed E-state index contributed by atoms with van der Waals surface area (Å²) in [6, 6.07) is 6.36. The number of carbonyl (C=O) groups is 2. The molecule has 0 radical (unpaired) electrons. The topological polar surface area (TPSA) is 57.6 Å². The van der Waals surface area contributed by atoms with Gasteiger partial charge in [-0.1, -0.05) is 23.7 Å². The Morgan fingerprint density at radius 3 is 2.65 bits per heavy atom. The highest BCUT2D eigenvalue weighted by atomic mass is 35.5. The molecule has 1 unspecified atom stereocenters. The summed E-state index contributed by atoms with van der Waals surface area (Å²) >= 11 is 5.76. The summed E-state index contributed by atoms with van der Waals surface area (Å²) in [5, 5.41) is 9.63. The minimum atomic E-state index is -0.940. The molecule has 1 atom stereocenters. The number of carboxylic acid groups (broad SMARTS) is 1. The highest BCUT2D eigenvalue weighted by Gasteiger charge is 2.35. The molecule has 1 aliphatic rings. The van der Waals surface area contributed by atoms with E-state index in [2.05, 4.69) is 0 Å². The zero-order valence-electron chi connectivity index (χ0n) is 9.10. The summed E-state index contributed by atoms with van der Waals surface area (Å²) in [6.07, 6.45) is 0.701. The molecule has 0 spiro atoms. The normalized spacial score (nSPS) is 19.7. The van der Waals surface area contributed by atoms with Crippen LogP contribution in [0.5, 0.6) is 0 Å². The Balaban J connectivity index is 2.13. The third-order valence-corrected chi connectivity index (χ3v) is 3.13. The number of halogens is 1. The number of hydrogen-bond donors (Lipinski definition) is 1. The van der Waals surface area contributed by atoms with Crippen molar-refractivity contribution >= 4 is 23.5 Å². The SMILES string of the molecule is O=C(O)C1CCC(=O)N1Cc1ccc(Cl)cc1. The summed E-state index contributed by atoms with van der Waals surface area (Å²) in [4.78, 5) is 24.0. The molecular formula is C12H12ClNO3. The predicted octanol–water partition coefficient (Wildman–Crippen LogP) is 1.92. The zero-order chi connectivity index (χ0) is 12.4. The fourth-order valence-corrected chi connectivity index (χ4v) is 2.10. The maximum absolute atomic E-state index is 11.6. The zero-order valence-corrected chi connectivity index (χ0v) is 9.85. The number of benzene rings is 1. The molecule has 0 aliphatic carbocycles. The first kappa shape index (κ1) is 11.9. The highest BCUT2D eigenvalue weighted by molar-refractivity contribution is 6.30. The first-order chi connectivity index (χ1) is 8.08. The molecule has 1 amide bonds. The van der Waals surface area contributed by atoms with Gasteiger partial charge in [0.15, 0.2) is 0 Å². The molecule has 1 fully saturated rings. The van der Waals surface area contributed by atoms with Crippen LogP contribution >= 0.6 is 11.6 Å². The van der Waals surface area contributed by atoms with Gasteiger partial charge in [-0.3, -0.25) is 4.79 Å². The molecule has 1 aromatic carbocycles. The molecule has 1 N–H and O–H groups in total. The summed E-state index contributed by atoms with van der Waals surface area (Å²) < 4.78 is 0. The van der Waals surface area contributed by atoms with E-state index in [9.17, 15) is 9.59 Å². The molecule has 4 nitrogen and oxygen atoms in total. The van der Waals surface area contributed by atoms with Gasteiger partial charge in [0.1, 0.15) is 6.04 Å². The number of carbonyl (C=O) groups excluding carboxylic acids is 1. The number of hydrogen-bond acceptors (Lipinski definition) is 2. The lowest BCUT2D eigenvalue weighted by Gasteiger charge is -2.21. The largest absolute Gasteiger partial charge is 0.480 e. The van der Waals surface area contributed by atoms with Gasteiger partial charge in [-0.05, 0) is 24.1 Å². The van der Waals surface area contributed by atoms with E-state index in [0.717, 1.165) is 5.56 Å². The first-order valence-electron chi connectivity index (χ1n) is 5.34. The monoisotopic (exact) mass is 253 g/mol. The maximum atomic E-state index is 11.6. The van der Waals surface area contributed by atoms with Gasteiger partial charge in [-0.15, -0.1) is 0 Å². The van der Waals surface area contributed by atoms with Crippen molar-refractivity contribution in [2.75, 3.05) is 0 Å². The average molecular weight is 254 g/mol. The lowest BCUT2D eigenvalue weighted by Crippen LogP contribution is -2.37. The van der Waals surface area contributed by atoms with Gasteiger partial charge in [0.05, 0.1) is 0 Å². The van der Waals surface area contributed by atoms with Crippen LogP contribution in [0, 0.1) is 0 Å². The van der Waals surface area contributed by atoms with E-state index in [-0.39, 0.29) is 5.91 Å². The Morgan fingerprint density at radius 1 is 1.41 bits per heavy atom. The quantitative estimate of drug-likeness (QED) is 0.895. The first-order valence-corrected chi connectivity index (χ1v) is 5.72. The van der Waals surface area contributed by atoms with Crippen molar-refractivity contribution in [2.24, 2.45) is 0 Å². The van der Waals surface area contributed by atoms with Crippen molar-refractivity contribution in [1.29, 1.82) is 0 Å². The highest BCUT2D eigenvalue weighted by Crippen LogP contribution is 2.22. The van der Waals surface area contributed by atoms with E-state index < -0.39 is 12.0 Å². The third kappa shape index (κ3) is 2.58. The minimum Gasteiger partial charge on any atom is -0.480 e. The van der Waals surface area contributed by atoms with Crippen molar-refractivity contribution < 1.29 is 14.7 Å². The second-order valence-electron chi connectivity index (χ2n) is 4.04. The van der Waals surface area contributed by atoms with Crippen molar-refractivity contribution in [3.8, 4) is 0 Å². The Hall–Kier alpha value is -1.55. The van der Waals surface area contributed by atoms with Crippen LogP contribution in [0.15, 0.2) is 24.3 Å². The van der Waals surface area contributed by atoms with Crippen LogP contribution < -0.4 is 0 Å². The van der Waals surface area contributed by atoms with E-state index in [4.69, 9.17) is 16.7 Å². The molecule has 5 heteroatoms. The summed E-state index contributed by atoms with van der Waals surface area (Å²) in [5.74, 6) is -1.04. The Morgan fingerprint density at radius 2 is 2.06 bits per heavy atom. The third-order valence-electron chi connectivity index (χ3n) is 2.88. The van der Waals surface area contributed by atoms with Gasteiger partial charge in [0, 0.05) is 18.0 Å². The van der Waals surface area contributed by atoms with Gasteiger partial charge in [-0.25, -0.2) is 4.79 Å². The molecule has 0 bridgehead atoms. The van der Waals surface area contributed by atoms with Crippen LogP contribution in [0.2, 0.25) is 5.02 Å². The number of aliphatic carboxylic acids is 1. The number of likely N-dealkylation sites (tertiary alicyclic amines) is 1. The second-order valence-corrected chi connectivity index (χ2v) is 4.48. The molecule has 1 aliphatic heterocycles. The molecule has 0 saturated carbocycles. The molecule has 1 saturated heterocycles. The second kappa shape index (κ2) is 4.75. The number of amides is 1. The Bertz CT molecular complexity index is 444. The van der Waals surface area contributed by atoms with Crippen molar-refractivity contribution in [1.82, 2.24) is 4.90 Å². The number of carboxylic acids is 1. The van der Waals surface area contributed by atoms with Crippen LogP contribution in [0.1, 0.15) is 18.4 Å². The van der Waals surface area contributed by atoms with Gasteiger partial charge < -0.3 is 10.0 Å². The van der Waals surface area contributed by atoms with E-state index in [0.29, 0.717) is 24.4 Å². The average Bonchev–Trinajstić information content (AvgIpc) is 2.64. The van der Waals surface area contributed by atoms with Crippen molar-refractivity contribution in [3.63, 3.8) is 0 Å². The van der Waals surface area contributed by atoms with E-state index in [1.165, 1.54) is 4.90 Å². The van der Waals surface area contributed by atoms with E-state index in [1.54, 1.807) is 24.3 Å². The minimum absolute atomic E-state index is 0.104. The van der Waals surface area contributed by atoms with Gasteiger partial charge in [0.2, 0.25) is 5.91 Å². The molecule has 1 aromatic rings.